The first-order chi connectivity index (χ1) is 15.9. The maximum atomic E-state index is 12.9. The third-order valence-electron chi connectivity index (χ3n) is 7.19. The molecule has 2 aromatic rings. The highest BCUT2D eigenvalue weighted by Crippen LogP contribution is 2.50. The molecule has 0 spiro atoms. The third-order valence-corrected chi connectivity index (χ3v) is 8.32. The Morgan fingerprint density at radius 1 is 1.15 bits per heavy atom. The van der Waals surface area contributed by atoms with Crippen LogP contribution in [-0.4, -0.2) is 59.3 Å². The molecule has 0 radical (unpaired) electrons. The Hall–Kier alpha value is -3.14. The molecule has 2 saturated heterocycles. The number of amides is 1. The molecule has 1 amide bonds. The van der Waals surface area contributed by atoms with Crippen LogP contribution in [-0.2, 0) is 14.6 Å². The van der Waals surface area contributed by atoms with Gasteiger partial charge in [-0.3, -0.25) is 9.36 Å². The van der Waals surface area contributed by atoms with Crippen molar-refractivity contribution < 1.29 is 27.9 Å². The summed E-state index contributed by atoms with van der Waals surface area (Å²) >= 11 is 0. The predicted octanol–water partition coefficient (Wildman–Crippen LogP) is 2.89. The molecule has 2 aliphatic heterocycles. The smallest absolute Gasteiger partial charge is 0.407 e. The number of carbonyl (C=O) groups is 2. The average Bonchev–Trinajstić information content (AvgIpc) is 3.05. The SMILES string of the molecule is CC(C)(C=O)C1(Oc2ccn(-c3ccc(S(C)(=O)=O)cc3)c(=O)c2)CC2CCC(C1)N2C(=O)O. The van der Waals surface area contributed by atoms with Crippen molar-refractivity contribution in [3.63, 3.8) is 0 Å². The molecular formula is C24H28N2O7S. The largest absolute Gasteiger partial charge is 0.486 e. The first kappa shape index (κ1) is 24.0. The van der Waals surface area contributed by atoms with Crippen molar-refractivity contribution in [1.82, 2.24) is 9.47 Å². The van der Waals surface area contributed by atoms with Crippen LogP contribution < -0.4 is 10.3 Å². The number of pyridine rings is 1. The van der Waals surface area contributed by atoms with E-state index in [2.05, 4.69) is 0 Å². The first-order valence-electron chi connectivity index (χ1n) is 11.1. The Bertz CT molecular complexity index is 1270. The summed E-state index contributed by atoms with van der Waals surface area (Å²) in [4.78, 5) is 38.3. The molecule has 3 heterocycles. The number of hydrogen-bond acceptors (Lipinski definition) is 6. The van der Waals surface area contributed by atoms with Gasteiger partial charge in [-0.1, -0.05) is 0 Å². The zero-order chi connectivity index (χ0) is 24.9. The molecule has 2 fully saturated rings. The van der Waals surface area contributed by atoms with Crippen molar-refractivity contribution in [2.24, 2.45) is 5.41 Å². The highest BCUT2D eigenvalue weighted by Gasteiger charge is 2.58. The molecule has 2 unspecified atom stereocenters. The van der Waals surface area contributed by atoms with Gasteiger partial charge in [0.1, 0.15) is 17.6 Å². The summed E-state index contributed by atoms with van der Waals surface area (Å²) in [5.74, 6) is 0.298. The van der Waals surface area contributed by atoms with Gasteiger partial charge in [-0.2, -0.15) is 0 Å². The number of aromatic nitrogens is 1. The number of hydrogen-bond donors (Lipinski definition) is 1. The van der Waals surface area contributed by atoms with E-state index in [1.54, 1.807) is 32.0 Å². The van der Waals surface area contributed by atoms with E-state index in [1.165, 1.54) is 33.9 Å². The third kappa shape index (κ3) is 4.11. The van der Waals surface area contributed by atoms with Gasteiger partial charge in [-0.15, -0.1) is 0 Å². The molecule has 1 aromatic heterocycles. The summed E-state index contributed by atoms with van der Waals surface area (Å²) in [5, 5.41) is 9.61. The van der Waals surface area contributed by atoms with E-state index < -0.39 is 26.9 Å². The second-order valence-electron chi connectivity index (χ2n) is 9.76. The van der Waals surface area contributed by atoms with E-state index >= 15 is 0 Å². The van der Waals surface area contributed by atoms with Gasteiger partial charge in [0.2, 0.25) is 0 Å². The van der Waals surface area contributed by atoms with E-state index in [0.29, 0.717) is 37.1 Å². The van der Waals surface area contributed by atoms with Crippen LogP contribution in [0.3, 0.4) is 0 Å². The lowest BCUT2D eigenvalue weighted by Crippen LogP contribution is -2.61. The quantitative estimate of drug-likeness (QED) is 0.620. The number of sulfone groups is 1. The molecular weight excluding hydrogens is 460 g/mol. The fourth-order valence-corrected chi connectivity index (χ4v) is 5.81. The molecule has 9 nitrogen and oxygen atoms in total. The maximum Gasteiger partial charge on any atom is 0.407 e. The molecule has 2 atom stereocenters. The summed E-state index contributed by atoms with van der Waals surface area (Å²) in [7, 11) is -3.35. The van der Waals surface area contributed by atoms with Crippen molar-refractivity contribution in [2.75, 3.05) is 6.26 Å². The summed E-state index contributed by atoms with van der Waals surface area (Å²) in [6, 6.07) is 8.44. The number of rotatable bonds is 6. The molecule has 0 saturated carbocycles. The van der Waals surface area contributed by atoms with Gasteiger partial charge in [0.05, 0.1) is 10.3 Å². The lowest BCUT2D eigenvalue weighted by Gasteiger charge is -2.51. The second-order valence-corrected chi connectivity index (χ2v) is 11.8. The summed E-state index contributed by atoms with van der Waals surface area (Å²) < 4.78 is 31.1. The Balaban J connectivity index is 1.65. The van der Waals surface area contributed by atoms with Crippen LogP contribution in [0.5, 0.6) is 5.75 Å². The predicted molar refractivity (Wildman–Crippen MR) is 124 cm³/mol. The van der Waals surface area contributed by atoms with Crippen molar-refractivity contribution >= 4 is 22.2 Å². The zero-order valence-electron chi connectivity index (χ0n) is 19.3. The van der Waals surface area contributed by atoms with E-state index in [9.17, 15) is 27.9 Å². The highest BCUT2D eigenvalue weighted by molar-refractivity contribution is 7.90. The molecule has 4 rings (SSSR count). The first-order valence-corrected chi connectivity index (χ1v) is 13.0. The number of ether oxygens (including phenoxy) is 1. The number of nitrogens with zero attached hydrogens (tertiary/aromatic N) is 2. The van der Waals surface area contributed by atoms with Crippen molar-refractivity contribution in [3.8, 4) is 11.4 Å². The fraction of sp³-hybridized carbons (Fsp3) is 0.458. The van der Waals surface area contributed by atoms with Gasteiger partial charge < -0.3 is 19.5 Å². The van der Waals surface area contributed by atoms with Crippen molar-refractivity contribution in [2.45, 2.75) is 62.1 Å². The molecule has 2 bridgehead atoms. The Labute approximate surface area is 197 Å². The molecule has 34 heavy (non-hydrogen) atoms. The normalized spacial score (nSPS) is 24.6. The lowest BCUT2D eigenvalue weighted by molar-refractivity contribution is -0.137. The second kappa shape index (κ2) is 8.26. The van der Waals surface area contributed by atoms with Gasteiger partial charge in [-0.25, -0.2) is 13.2 Å². The van der Waals surface area contributed by atoms with Gasteiger partial charge in [0.25, 0.3) is 5.56 Å². The average molecular weight is 489 g/mol. The standard InChI is InChI=1S/C24H28N2O7S/c1-23(2,15-27)24(13-17-4-5-18(14-24)26(17)22(29)30)33-19-10-11-25(21(28)12-19)16-6-8-20(9-7-16)34(3,31)32/h6-12,15,17-18H,4-5,13-14H2,1-3H3,(H,29,30). The minimum absolute atomic E-state index is 0.157. The molecule has 2 aliphatic rings. The minimum atomic E-state index is -3.35. The number of benzene rings is 1. The van der Waals surface area contributed by atoms with E-state index in [-0.39, 0.29) is 22.5 Å². The monoisotopic (exact) mass is 488 g/mol. The van der Waals surface area contributed by atoms with E-state index in [0.717, 1.165) is 12.5 Å². The van der Waals surface area contributed by atoms with E-state index in [1.807, 2.05) is 0 Å². The lowest BCUT2D eigenvalue weighted by atomic mass is 9.68. The Kier molecular flexibility index (Phi) is 5.83. The summed E-state index contributed by atoms with van der Waals surface area (Å²) in [6.45, 7) is 3.56. The summed E-state index contributed by atoms with van der Waals surface area (Å²) in [5.41, 5.74) is -1.74. The number of carboxylic acid groups (broad SMARTS) is 1. The van der Waals surface area contributed by atoms with Crippen LogP contribution in [0.4, 0.5) is 4.79 Å². The summed E-state index contributed by atoms with van der Waals surface area (Å²) in [6.07, 6.45) is 4.67. The topological polar surface area (TPSA) is 123 Å². The number of carbonyl (C=O) groups excluding carboxylic acids is 1. The Morgan fingerprint density at radius 2 is 1.74 bits per heavy atom. The van der Waals surface area contributed by atoms with Crippen LogP contribution in [0.2, 0.25) is 0 Å². The van der Waals surface area contributed by atoms with Gasteiger partial charge in [-0.05, 0) is 57.0 Å². The zero-order valence-corrected chi connectivity index (χ0v) is 20.1. The van der Waals surface area contributed by atoms with Crippen LogP contribution >= 0.6 is 0 Å². The Morgan fingerprint density at radius 3 is 2.21 bits per heavy atom. The highest BCUT2D eigenvalue weighted by atomic mass is 32.2. The van der Waals surface area contributed by atoms with Gasteiger partial charge in [0, 0.05) is 49.1 Å². The fourth-order valence-electron chi connectivity index (χ4n) is 5.18. The number of fused-ring (bicyclic) bond motifs is 2. The van der Waals surface area contributed by atoms with Crippen molar-refractivity contribution in [1.29, 1.82) is 0 Å². The van der Waals surface area contributed by atoms with Crippen LogP contribution in [0.25, 0.3) is 5.69 Å². The van der Waals surface area contributed by atoms with Crippen LogP contribution in [0.15, 0.2) is 52.3 Å². The molecule has 1 aromatic carbocycles. The molecule has 0 aliphatic carbocycles. The minimum Gasteiger partial charge on any atom is -0.486 e. The maximum absolute atomic E-state index is 12.9. The van der Waals surface area contributed by atoms with Crippen LogP contribution in [0, 0.1) is 5.41 Å². The van der Waals surface area contributed by atoms with E-state index in [4.69, 9.17) is 4.74 Å². The number of aldehydes is 1. The van der Waals surface area contributed by atoms with Gasteiger partial charge >= 0.3 is 6.09 Å². The van der Waals surface area contributed by atoms with Gasteiger partial charge in [0.15, 0.2) is 9.84 Å². The van der Waals surface area contributed by atoms with Crippen molar-refractivity contribution in [3.05, 3.63) is 52.9 Å². The molecule has 182 valence electrons. The van der Waals surface area contributed by atoms with Crippen LogP contribution in [0.1, 0.15) is 39.5 Å². The molecule has 10 heteroatoms. The number of piperidine rings is 1. The molecule has 1 N–H and O–H groups in total.